The Labute approximate surface area is 86.7 Å². The summed E-state index contributed by atoms with van der Waals surface area (Å²) >= 11 is 1.55. The van der Waals surface area contributed by atoms with Crippen LogP contribution in [0, 0.1) is 0 Å². The van der Waals surface area contributed by atoms with E-state index in [1.807, 2.05) is 16.8 Å². The molecule has 1 aromatic heterocycles. The van der Waals surface area contributed by atoms with E-state index in [4.69, 9.17) is 5.73 Å². The van der Waals surface area contributed by atoms with E-state index in [2.05, 4.69) is 5.32 Å². The largest absolute Gasteiger partial charge is 0.387 e. The van der Waals surface area contributed by atoms with E-state index >= 15 is 0 Å². The molecule has 0 aliphatic rings. The Balaban J connectivity index is 2.16. The SMILES string of the molecule is NC(=O)CCNCC(O)c1ccsc1. The fraction of sp³-hybridized carbons (Fsp3) is 0.444. The predicted octanol–water partition coefficient (Wildman–Crippen LogP) is 0.247. The zero-order valence-corrected chi connectivity index (χ0v) is 8.59. The predicted molar refractivity (Wildman–Crippen MR) is 56.0 cm³/mol. The number of thiophene rings is 1. The first-order valence-corrected chi connectivity index (χ1v) is 5.33. The van der Waals surface area contributed by atoms with Gasteiger partial charge in [-0.25, -0.2) is 0 Å². The van der Waals surface area contributed by atoms with E-state index in [0.29, 0.717) is 19.5 Å². The Hall–Kier alpha value is -0.910. The van der Waals surface area contributed by atoms with Gasteiger partial charge in [0.15, 0.2) is 0 Å². The molecule has 4 nitrogen and oxygen atoms in total. The van der Waals surface area contributed by atoms with Gasteiger partial charge >= 0.3 is 0 Å². The van der Waals surface area contributed by atoms with E-state index in [1.54, 1.807) is 11.3 Å². The molecular formula is C9H14N2O2S. The highest BCUT2D eigenvalue weighted by molar-refractivity contribution is 7.07. The quantitative estimate of drug-likeness (QED) is 0.594. The van der Waals surface area contributed by atoms with Crippen LogP contribution in [0.1, 0.15) is 18.1 Å². The molecule has 0 bridgehead atoms. The van der Waals surface area contributed by atoms with Gasteiger partial charge < -0.3 is 16.2 Å². The third-order valence-electron chi connectivity index (χ3n) is 1.81. The third kappa shape index (κ3) is 3.87. The zero-order chi connectivity index (χ0) is 10.4. The van der Waals surface area contributed by atoms with Gasteiger partial charge in [0.1, 0.15) is 0 Å². The number of nitrogens with two attached hydrogens (primary N) is 1. The Morgan fingerprint density at radius 1 is 1.71 bits per heavy atom. The summed E-state index contributed by atoms with van der Waals surface area (Å²) in [5, 5.41) is 16.4. The average Bonchev–Trinajstić information content (AvgIpc) is 2.64. The maximum atomic E-state index is 10.4. The molecule has 0 fully saturated rings. The van der Waals surface area contributed by atoms with E-state index < -0.39 is 6.10 Å². The second-order valence-electron chi connectivity index (χ2n) is 2.99. The minimum Gasteiger partial charge on any atom is -0.387 e. The van der Waals surface area contributed by atoms with E-state index in [1.165, 1.54) is 0 Å². The number of carbonyl (C=O) groups is 1. The smallest absolute Gasteiger partial charge is 0.218 e. The summed E-state index contributed by atoms with van der Waals surface area (Å²) in [5.74, 6) is -0.331. The molecule has 78 valence electrons. The molecule has 0 aromatic carbocycles. The van der Waals surface area contributed by atoms with Crippen LogP contribution < -0.4 is 11.1 Å². The van der Waals surface area contributed by atoms with Crippen molar-refractivity contribution >= 4 is 17.2 Å². The van der Waals surface area contributed by atoms with E-state index in [0.717, 1.165) is 5.56 Å². The van der Waals surface area contributed by atoms with Crippen LogP contribution >= 0.6 is 11.3 Å². The van der Waals surface area contributed by atoms with Crippen LogP contribution in [0.2, 0.25) is 0 Å². The summed E-state index contributed by atoms with van der Waals surface area (Å²) in [6.07, 6.45) is -0.203. The first-order valence-electron chi connectivity index (χ1n) is 4.39. The van der Waals surface area contributed by atoms with Crippen molar-refractivity contribution in [2.75, 3.05) is 13.1 Å². The lowest BCUT2D eigenvalue weighted by Gasteiger charge is -2.09. The number of nitrogens with one attached hydrogen (secondary N) is 1. The number of aliphatic hydroxyl groups is 1. The van der Waals surface area contributed by atoms with Crippen LogP contribution in [0.4, 0.5) is 0 Å². The summed E-state index contributed by atoms with van der Waals surface area (Å²) in [6.45, 7) is 0.959. The standard InChI is InChI=1S/C9H14N2O2S/c10-9(13)1-3-11-5-8(12)7-2-4-14-6-7/h2,4,6,8,11-12H,1,3,5H2,(H2,10,13). The molecule has 1 aromatic rings. The number of primary amides is 1. The average molecular weight is 214 g/mol. The number of aliphatic hydroxyl groups excluding tert-OH is 1. The highest BCUT2D eigenvalue weighted by atomic mass is 32.1. The molecule has 0 saturated heterocycles. The molecule has 1 heterocycles. The van der Waals surface area contributed by atoms with Gasteiger partial charge in [0.05, 0.1) is 6.10 Å². The second-order valence-corrected chi connectivity index (χ2v) is 3.77. The summed E-state index contributed by atoms with van der Waals surface area (Å²) in [4.78, 5) is 10.4. The van der Waals surface area contributed by atoms with Crippen molar-refractivity contribution in [3.8, 4) is 0 Å². The fourth-order valence-corrected chi connectivity index (χ4v) is 1.74. The van der Waals surface area contributed by atoms with Crippen LogP contribution in [-0.4, -0.2) is 24.1 Å². The lowest BCUT2D eigenvalue weighted by Crippen LogP contribution is -2.25. The van der Waals surface area contributed by atoms with Crippen molar-refractivity contribution in [1.29, 1.82) is 0 Å². The van der Waals surface area contributed by atoms with E-state index in [9.17, 15) is 9.90 Å². The van der Waals surface area contributed by atoms with Crippen LogP contribution in [0.3, 0.4) is 0 Å². The maximum absolute atomic E-state index is 10.4. The second kappa shape index (κ2) is 5.74. The number of hydrogen-bond donors (Lipinski definition) is 3. The van der Waals surface area contributed by atoms with Gasteiger partial charge in [0, 0.05) is 19.5 Å². The van der Waals surface area contributed by atoms with Crippen LogP contribution in [0.5, 0.6) is 0 Å². The fourth-order valence-electron chi connectivity index (χ4n) is 1.03. The molecule has 5 heteroatoms. The highest BCUT2D eigenvalue weighted by Crippen LogP contribution is 2.14. The van der Waals surface area contributed by atoms with Crippen molar-refractivity contribution in [2.24, 2.45) is 5.73 Å². The Morgan fingerprint density at radius 2 is 2.50 bits per heavy atom. The summed E-state index contributed by atoms with van der Waals surface area (Å²) in [7, 11) is 0. The van der Waals surface area contributed by atoms with Crippen molar-refractivity contribution in [3.05, 3.63) is 22.4 Å². The molecule has 1 rings (SSSR count). The van der Waals surface area contributed by atoms with Crippen molar-refractivity contribution in [2.45, 2.75) is 12.5 Å². The molecule has 0 radical (unpaired) electrons. The van der Waals surface area contributed by atoms with Gasteiger partial charge in [-0.3, -0.25) is 4.79 Å². The third-order valence-corrected chi connectivity index (χ3v) is 2.52. The molecule has 0 aliphatic heterocycles. The number of rotatable bonds is 6. The number of carbonyl (C=O) groups excluding carboxylic acids is 1. The van der Waals surface area contributed by atoms with Crippen molar-refractivity contribution in [1.82, 2.24) is 5.32 Å². The topological polar surface area (TPSA) is 75.4 Å². The van der Waals surface area contributed by atoms with Gasteiger partial charge in [-0.05, 0) is 22.4 Å². The zero-order valence-electron chi connectivity index (χ0n) is 7.77. The Bertz CT molecular complexity index is 274. The summed E-state index contributed by atoms with van der Waals surface area (Å²) in [5.41, 5.74) is 5.87. The normalized spacial score (nSPS) is 12.6. The molecule has 4 N–H and O–H groups in total. The van der Waals surface area contributed by atoms with Crippen molar-refractivity contribution in [3.63, 3.8) is 0 Å². The summed E-state index contributed by atoms with van der Waals surface area (Å²) < 4.78 is 0. The molecule has 0 saturated carbocycles. The molecule has 1 atom stereocenters. The molecule has 0 spiro atoms. The van der Waals surface area contributed by atoms with Gasteiger partial charge in [-0.1, -0.05) is 0 Å². The molecule has 1 amide bonds. The molecule has 14 heavy (non-hydrogen) atoms. The van der Waals surface area contributed by atoms with E-state index in [-0.39, 0.29) is 5.91 Å². The van der Waals surface area contributed by atoms with Gasteiger partial charge in [0.25, 0.3) is 0 Å². The monoisotopic (exact) mass is 214 g/mol. The highest BCUT2D eigenvalue weighted by Gasteiger charge is 2.06. The molecule has 1 unspecified atom stereocenters. The number of hydrogen-bond acceptors (Lipinski definition) is 4. The lowest BCUT2D eigenvalue weighted by molar-refractivity contribution is -0.117. The lowest BCUT2D eigenvalue weighted by atomic mass is 10.2. The Morgan fingerprint density at radius 3 is 3.07 bits per heavy atom. The van der Waals surface area contributed by atoms with Crippen LogP contribution in [-0.2, 0) is 4.79 Å². The van der Waals surface area contributed by atoms with Gasteiger partial charge in [-0.15, -0.1) is 0 Å². The molecular weight excluding hydrogens is 200 g/mol. The van der Waals surface area contributed by atoms with Crippen LogP contribution in [0.15, 0.2) is 16.8 Å². The minimum atomic E-state index is -0.505. The maximum Gasteiger partial charge on any atom is 0.218 e. The van der Waals surface area contributed by atoms with Crippen LogP contribution in [0.25, 0.3) is 0 Å². The van der Waals surface area contributed by atoms with Crippen molar-refractivity contribution < 1.29 is 9.90 Å². The Kier molecular flexibility index (Phi) is 4.58. The summed E-state index contributed by atoms with van der Waals surface area (Å²) in [6, 6.07) is 1.88. The van der Waals surface area contributed by atoms with Gasteiger partial charge in [0.2, 0.25) is 5.91 Å². The minimum absolute atomic E-state index is 0.302. The first-order chi connectivity index (χ1) is 6.70. The van der Waals surface area contributed by atoms with Gasteiger partial charge in [-0.2, -0.15) is 11.3 Å². The first kappa shape index (κ1) is 11.2. The molecule has 0 aliphatic carbocycles. The number of amides is 1.